The lowest BCUT2D eigenvalue weighted by Gasteiger charge is -2.34. The molecule has 24 heavy (non-hydrogen) atoms. The lowest BCUT2D eigenvalue weighted by atomic mass is 10.1. The number of carbonyl (C=O) groups is 2. The highest BCUT2D eigenvalue weighted by atomic mass is 32.1. The summed E-state index contributed by atoms with van der Waals surface area (Å²) in [6.45, 7) is 2.17. The van der Waals surface area contributed by atoms with Crippen LogP contribution in [0, 0.1) is 0 Å². The zero-order chi connectivity index (χ0) is 16.5. The molecule has 1 aromatic carbocycles. The summed E-state index contributed by atoms with van der Waals surface area (Å²) in [5.74, 6) is 0.00392. The molecule has 3 heterocycles. The Labute approximate surface area is 142 Å². The van der Waals surface area contributed by atoms with Crippen LogP contribution in [0.15, 0.2) is 46.5 Å². The Bertz CT molecular complexity index is 880. The van der Waals surface area contributed by atoms with Crippen molar-refractivity contribution in [3.63, 3.8) is 0 Å². The minimum atomic E-state index is -0.0388. The summed E-state index contributed by atoms with van der Waals surface area (Å²) >= 11 is 1.44. The lowest BCUT2D eigenvalue weighted by Crippen LogP contribution is -2.50. The van der Waals surface area contributed by atoms with Crippen molar-refractivity contribution < 1.29 is 14.0 Å². The Morgan fingerprint density at radius 3 is 2.50 bits per heavy atom. The number of nitrogens with zero attached hydrogens (tertiary/aromatic N) is 3. The van der Waals surface area contributed by atoms with Crippen LogP contribution in [0.3, 0.4) is 0 Å². The SMILES string of the molecule is O=C(c1ccc2ocnc2c1)N1CCN(C(=O)c2cccs2)CC1. The average molecular weight is 341 g/mol. The number of hydrogen-bond acceptors (Lipinski definition) is 5. The van der Waals surface area contributed by atoms with Crippen LogP contribution in [0.5, 0.6) is 0 Å². The molecule has 2 aromatic heterocycles. The number of aromatic nitrogens is 1. The molecular weight excluding hydrogens is 326 g/mol. The van der Waals surface area contributed by atoms with Gasteiger partial charge in [0, 0.05) is 31.7 Å². The summed E-state index contributed by atoms with van der Waals surface area (Å²) < 4.78 is 5.19. The summed E-state index contributed by atoms with van der Waals surface area (Å²) in [7, 11) is 0. The van der Waals surface area contributed by atoms with Gasteiger partial charge in [0.2, 0.25) is 0 Å². The number of thiophene rings is 1. The zero-order valence-electron chi connectivity index (χ0n) is 12.8. The first-order valence-corrected chi connectivity index (χ1v) is 8.55. The largest absolute Gasteiger partial charge is 0.443 e. The fourth-order valence-electron chi connectivity index (χ4n) is 2.84. The van der Waals surface area contributed by atoms with Crippen molar-refractivity contribution in [3.05, 3.63) is 52.5 Å². The minimum Gasteiger partial charge on any atom is -0.443 e. The predicted octanol–water partition coefficient (Wildman–Crippen LogP) is 2.49. The minimum absolute atomic E-state index is 0.0388. The van der Waals surface area contributed by atoms with Crippen LogP contribution >= 0.6 is 11.3 Å². The van der Waals surface area contributed by atoms with E-state index in [2.05, 4.69) is 4.98 Å². The van der Waals surface area contributed by atoms with E-state index in [4.69, 9.17) is 4.42 Å². The van der Waals surface area contributed by atoms with Crippen LogP contribution in [0.25, 0.3) is 11.1 Å². The lowest BCUT2D eigenvalue weighted by molar-refractivity contribution is 0.0538. The van der Waals surface area contributed by atoms with E-state index in [1.807, 2.05) is 17.5 Å². The first-order valence-electron chi connectivity index (χ1n) is 7.68. The maximum absolute atomic E-state index is 12.6. The molecule has 0 N–H and O–H groups in total. The molecule has 0 atom stereocenters. The highest BCUT2D eigenvalue weighted by Crippen LogP contribution is 2.18. The maximum atomic E-state index is 12.6. The smallest absolute Gasteiger partial charge is 0.264 e. The van der Waals surface area contributed by atoms with E-state index in [-0.39, 0.29) is 11.8 Å². The quantitative estimate of drug-likeness (QED) is 0.718. The molecule has 0 spiro atoms. The van der Waals surface area contributed by atoms with Gasteiger partial charge in [0.15, 0.2) is 12.0 Å². The van der Waals surface area contributed by atoms with Gasteiger partial charge in [-0.2, -0.15) is 0 Å². The van der Waals surface area contributed by atoms with E-state index in [1.165, 1.54) is 17.7 Å². The van der Waals surface area contributed by atoms with Crippen molar-refractivity contribution in [2.24, 2.45) is 0 Å². The van der Waals surface area contributed by atoms with Crippen molar-refractivity contribution in [2.75, 3.05) is 26.2 Å². The summed E-state index contributed by atoms with van der Waals surface area (Å²) in [6, 6.07) is 8.95. The Hall–Kier alpha value is -2.67. The second-order valence-electron chi connectivity index (χ2n) is 5.60. The molecule has 0 saturated carbocycles. The molecule has 0 bridgehead atoms. The van der Waals surface area contributed by atoms with E-state index in [9.17, 15) is 9.59 Å². The van der Waals surface area contributed by atoms with Crippen molar-refractivity contribution in [3.8, 4) is 0 Å². The van der Waals surface area contributed by atoms with E-state index < -0.39 is 0 Å². The number of piperazine rings is 1. The molecule has 6 nitrogen and oxygen atoms in total. The average Bonchev–Trinajstić information content (AvgIpc) is 3.31. The van der Waals surface area contributed by atoms with Gasteiger partial charge in [-0.3, -0.25) is 9.59 Å². The number of amides is 2. The van der Waals surface area contributed by atoms with Crippen LogP contribution in [0.2, 0.25) is 0 Å². The van der Waals surface area contributed by atoms with Crippen molar-refractivity contribution in [1.29, 1.82) is 0 Å². The van der Waals surface area contributed by atoms with Crippen LogP contribution in [0.1, 0.15) is 20.0 Å². The third-order valence-electron chi connectivity index (χ3n) is 4.16. The van der Waals surface area contributed by atoms with Crippen LogP contribution < -0.4 is 0 Å². The first kappa shape index (κ1) is 14.9. The van der Waals surface area contributed by atoms with Gasteiger partial charge >= 0.3 is 0 Å². The summed E-state index contributed by atoms with van der Waals surface area (Å²) in [5.41, 5.74) is 1.93. The van der Waals surface area contributed by atoms with Gasteiger partial charge in [0.05, 0.1) is 4.88 Å². The molecule has 1 aliphatic heterocycles. The molecular formula is C17H15N3O3S. The maximum Gasteiger partial charge on any atom is 0.264 e. The van der Waals surface area contributed by atoms with E-state index in [0.29, 0.717) is 42.8 Å². The molecule has 3 aromatic rings. The van der Waals surface area contributed by atoms with Gasteiger partial charge in [-0.05, 0) is 29.6 Å². The first-order chi connectivity index (χ1) is 11.7. The normalized spacial score (nSPS) is 15.0. The van der Waals surface area contributed by atoms with Crippen LogP contribution in [0.4, 0.5) is 0 Å². The number of oxazole rings is 1. The van der Waals surface area contributed by atoms with Gasteiger partial charge in [-0.15, -0.1) is 11.3 Å². The molecule has 0 aliphatic carbocycles. The van der Waals surface area contributed by atoms with Gasteiger partial charge < -0.3 is 14.2 Å². The van der Waals surface area contributed by atoms with E-state index in [1.54, 1.807) is 28.0 Å². The van der Waals surface area contributed by atoms with Crippen molar-refractivity contribution >= 4 is 34.3 Å². The second kappa shape index (κ2) is 6.09. The van der Waals surface area contributed by atoms with Crippen LogP contribution in [-0.4, -0.2) is 52.8 Å². The Morgan fingerprint density at radius 2 is 1.79 bits per heavy atom. The van der Waals surface area contributed by atoms with Gasteiger partial charge in [-0.1, -0.05) is 6.07 Å². The molecule has 1 aliphatic rings. The summed E-state index contributed by atoms with van der Waals surface area (Å²) in [4.78, 5) is 33.4. The standard InChI is InChI=1S/C17H15N3O3S/c21-16(12-3-4-14-13(10-12)18-11-23-14)19-5-7-20(8-6-19)17(22)15-2-1-9-24-15/h1-4,9-11H,5-8H2. The van der Waals surface area contributed by atoms with E-state index in [0.717, 1.165) is 4.88 Å². The topological polar surface area (TPSA) is 66.7 Å². The molecule has 0 radical (unpaired) electrons. The monoisotopic (exact) mass is 341 g/mol. The molecule has 2 amide bonds. The Morgan fingerprint density at radius 1 is 1.04 bits per heavy atom. The second-order valence-corrected chi connectivity index (χ2v) is 6.54. The van der Waals surface area contributed by atoms with Gasteiger partial charge in [0.1, 0.15) is 5.52 Å². The summed E-state index contributed by atoms with van der Waals surface area (Å²) in [5, 5.41) is 1.90. The number of carbonyl (C=O) groups excluding carboxylic acids is 2. The highest BCUT2D eigenvalue weighted by molar-refractivity contribution is 7.12. The predicted molar refractivity (Wildman–Crippen MR) is 90.1 cm³/mol. The van der Waals surface area contributed by atoms with Crippen LogP contribution in [-0.2, 0) is 0 Å². The number of rotatable bonds is 2. The third-order valence-corrected chi connectivity index (χ3v) is 5.02. The van der Waals surface area contributed by atoms with Crippen molar-refractivity contribution in [2.45, 2.75) is 0 Å². The Kier molecular flexibility index (Phi) is 3.78. The molecule has 4 rings (SSSR count). The van der Waals surface area contributed by atoms with Crippen molar-refractivity contribution in [1.82, 2.24) is 14.8 Å². The van der Waals surface area contributed by atoms with Gasteiger partial charge in [-0.25, -0.2) is 4.98 Å². The number of fused-ring (bicyclic) bond motifs is 1. The fourth-order valence-corrected chi connectivity index (χ4v) is 3.53. The summed E-state index contributed by atoms with van der Waals surface area (Å²) in [6.07, 6.45) is 1.37. The van der Waals surface area contributed by atoms with Gasteiger partial charge in [0.25, 0.3) is 11.8 Å². The number of benzene rings is 1. The molecule has 1 fully saturated rings. The molecule has 7 heteroatoms. The molecule has 122 valence electrons. The fraction of sp³-hybridized carbons (Fsp3) is 0.235. The number of hydrogen-bond donors (Lipinski definition) is 0. The van der Waals surface area contributed by atoms with E-state index >= 15 is 0 Å². The Balaban J connectivity index is 1.43. The highest BCUT2D eigenvalue weighted by Gasteiger charge is 2.26. The molecule has 1 saturated heterocycles. The third kappa shape index (κ3) is 2.67. The molecule has 0 unspecified atom stereocenters. The zero-order valence-corrected chi connectivity index (χ0v) is 13.7.